The molecule has 4 aromatic rings. The lowest BCUT2D eigenvalue weighted by molar-refractivity contribution is 0.141. The molecule has 2 aromatic heterocycles. The van der Waals surface area contributed by atoms with Gasteiger partial charge in [-0.2, -0.15) is 4.98 Å². The van der Waals surface area contributed by atoms with E-state index in [4.69, 9.17) is 30.5 Å². The number of ether oxygens (including phenoxy) is 2. The zero-order valence-corrected chi connectivity index (χ0v) is 20.5. The summed E-state index contributed by atoms with van der Waals surface area (Å²) in [6.45, 7) is 4.77. The predicted molar refractivity (Wildman–Crippen MR) is 135 cm³/mol. The van der Waals surface area contributed by atoms with Crippen molar-refractivity contribution in [3.8, 4) is 5.75 Å². The van der Waals surface area contributed by atoms with Crippen LogP contribution < -0.4 is 15.3 Å². The quantitative estimate of drug-likeness (QED) is 0.410. The highest BCUT2D eigenvalue weighted by molar-refractivity contribution is 6.33. The number of benzene rings is 2. The van der Waals surface area contributed by atoms with Crippen LogP contribution >= 0.6 is 11.6 Å². The van der Waals surface area contributed by atoms with E-state index in [1.165, 1.54) is 5.56 Å². The number of oxazole rings is 1. The van der Waals surface area contributed by atoms with Gasteiger partial charge in [0.15, 0.2) is 11.5 Å². The van der Waals surface area contributed by atoms with Crippen LogP contribution in [0.3, 0.4) is 0 Å². The average Bonchev–Trinajstić information content (AvgIpc) is 3.52. The normalized spacial score (nSPS) is 19.2. The van der Waals surface area contributed by atoms with Crippen LogP contribution in [0, 0.1) is 6.92 Å². The van der Waals surface area contributed by atoms with Gasteiger partial charge in [-0.3, -0.25) is 4.57 Å². The molecular weight excluding hydrogens is 468 g/mol. The van der Waals surface area contributed by atoms with Gasteiger partial charge in [-0.25, -0.2) is 9.78 Å². The minimum atomic E-state index is -0.304. The highest BCUT2D eigenvalue weighted by atomic mass is 35.5. The molecule has 2 aliphatic heterocycles. The van der Waals surface area contributed by atoms with Crippen LogP contribution in [0.5, 0.6) is 5.75 Å². The zero-order chi connectivity index (χ0) is 24.1. The molecule has 2 aromatic carbocycles. The Morgan fingerprint density at radius 1 is 1.11 bits per heavy atom. The second kappa shape index (κ2) is 8.84. The molecule has 8 nitrogen and oxygen atoms in total. The first kappa shape index (κ1) is 22.4. The highest BCUT2D eigenvalue weighted by Gasteiger charge is 2.27. The van der Waals surface area contributed by atoms with Gasteiger partial charge in [-0.1, -0.05) is 17.7 Å². The minimum absolute atomic E-state index is 0.0295. The van der Waals surface area contributed by atoms with Gasteiger partial charge < -0.3 is 18.8 Å². The van der Waals surface area contributed by atoms with Gasteiger partial charge in [0.05, 0.1) is 23.8 Å². The van der Waals surface area contributed by atoms with E-state index in [1.54, 1.807) is 11.6 Å². The Balaban J connectivity index is 1.28. The van der Waals surface area contributed by atoms with Crippen LogP contribution in [0.1, 0.15) is 36.6 Å². The van der Waals surface area contributed by atoms with Gasteiger partial charge in [0.1, 0.15) is 23.2 Å². The molecule has 0 amide bonds. The summed E-state index contributed by atoms with van der Waals surface area (Å²) in [7, 11) is 1.72. The van der Waals surface area contributed by atoms with Crippen molar-refractivity contribution in [3.63, 3.8) is 0 Å². The van der Waals surface area contributed by atoms with E-state index >= 15 is 0 Å². The number of halogens is 1. The lowest BCUT2D eigenvalue weighted by Crippen LogP contribution is -2.36. The molecule has 6 rings (SSSR count). The molecule has 0 unspecified atom stereocenters. The molecule has 1 atom stereocenters. The van der Waals surface area contributed by atoms with Crippen LogP contribution in [0.4, 0.5) is 5.82 Å². The van der Waals surface area contributed by atoms with Crippen molar-refractivity contribution in [1.29, 1.82) is 0 Å². The molecule has 4 heterocycles. The van der Waals surface area contributed by atoms with E-state index < -0.39 is 0 Å². The molecule has 2 aliphatic rings. The molecule has 9 heteroatoms. The molecule has 0 saturated carbocycles. The van der Waals surface area contributed by atoms with Crippen molar-refractivity contribution < 1.29 is 13.9 Å². The maximum atomic E-state index is 12.8. The number of aryl methyl sites for hydroxylation is 2. The summed E-state index contributed by atoms with van der Waals surface area (Å²) in [4.78, 5) is 24.1. The fourth-order valence-corrected chi connectivity index (χ4v) is 5.22. The maximum absolute atomic E-state index is 12.8. The molecule has 0 aliphatic carbocycles. The van der Waals surface area contributed by atoms with E-state index in [9.17, 15) is 4.79 Å². The lowest BCUT2D eigenvalue weighted by atomic mass is 9.96. The van der Waals surface area contributed by atoms with Gasteiger partial charge in [0.2, 0.25) is 0 Å². The minimum Gasteiger partial charge on any atom is -0.486 e. The second-order valence-corrected chi connectivity index (χ2v) is 9.87. The third kappa shape index (κ3) is 4.15. The van der Waals surface area contributed by atoms with Gasteiger partial charge in [-0.05, 0) is 43.5 Å². The van der Waals surface area contributed by atoms with Crippen LogP contribution in [-0.2, 0) is 11.8 Å². The SMILES string of the molecule is Cc1ccc2oc(C3CCN(c4nc(=O)n(C)c5cc(O[C@H]6CCOC6)c(Cl)cc45)CC3)nc2c1. The Morgan fingerprint density at radius 3 is 2.71 bits per heavy atom. The molecular formula is C26H27ClN4O4. The molecule has 182 valence electrons. The Bertz CT molecular complexity index is 1470. The molecule has 0 radical (unpaired) electrons. The number of nitrogens with zero attached hydrogens (tertiary/aromatic N) is 4. The lowest BCUT2D eigenvalue weighted by Gasteiger charge is -2.32. The van der Waals surface area contributed by atoms with Crippen molar-refractivity contribution in [2.24, 2.45) is 7.05 Å². The number of rotatable bonds is 4. The van der Waals surface area contributed by atoms with Crippen molar-refractivity contribution in [2.45, 2.75) is 38.2 Å². The summed E-state index contributed by atoms with van der Waals surface area (Å²) >= 11 is 6.62. The van der Waals surface area contributed by atoms with Crippen molar-refractivity contribution in [1.82, 2.24) is 14.5 Å². The smallest absolute Gasteiger partial charge is 0.349 e. The molecule has 0 bridgehead atoms. The van der Waals surface area contributed by atoms with E-state index in [2.05, 4.69) is 22.9 Å². The predicted octanol–water partition coefficient (Wildman–Crippen LogP) is 4.59. The van der Waals surface area contributed by atoms with Gasteiger partial charge >= 0.3 is 5.69 Å². The van der Waals surface area contributed by atoms with Crippen molar-refractivity contribution in [3.05, 3.63) is 57.3 Å². The Morgan fingerprint density at radius 2 is 1.94 bits per heavy atom. The fraction of sp³-hybridized carbons (Fsp3) is 0.423. The Labute approximate surface area is 207 Å². The van der Waals surface area contributed by atoms with Crippen LogP contribution in [0.25, 0.3) is 22.0 Å². The summed E-state index contributed by atoms with van der Waals surface area (Å²) in [6.07, 6.45) is 2.52. The van der Waals surface area contributed by atoms with E-state index in [-0.39, 0.29) is 17.7 Å². The number of hydrogen-bond acceptors (Lipinski definition) is 7. The summed E-state index contributed by atoms with van der Waals surface area (Å²) < 4.78 is 19.1. The first-order chi connectivity index (χ1) is 17.0. The van der Waals surface area contributed by atoms with Crippen LogP contribution in [0.2, 0.25) is 5.02 Å². The van der Waals surface area contributed by atoms with Crippen LogP contribution in [0.15, 0.2) is 39.5 Å². The molecule has 0 spiro atoms. The first-order valence-electron chi connectivity index (χ1n) is 12.0. The summed E-state index contributed by atoms with van der Waals surface area (Å²) in [5.41, 5.74) is 3.33. The van der Waals surface area contributed by atoms with E-state index in [0.29, 0.717) is 29.8 Å². The molecule has 2 saturated heterocycles. The summed E-state index contributed by atoms with van der Waals surface area (Å²) in [6, 6.07) is 9.77. The molecule has 2 fully saturated rings. The van der Waals surface area contributed by atoms with E-state index in [1.807, 2.05) is 24.3 Å². The largest absolute Gasteiger partial charge is 0.486 e. The highest BCUT2D eigenvalue weighted by Crippen LogP contribution is 2.37. The first-order valence-corrected chi connectivity index (χ1v) is 12.4. The third-order valence-corrected chi connectivity index (χ3v) is 7.32. The number of anilines is 1. The average molecular weight is 495 g/mol. The number of fused-ring (bicyclic) bond motifs is 2. The number of aromatic nitrogens is 3. The summed E-state index contributed by atoms with van der Waals surface area (Å²) in [5, 5.41) is 1.34. The van der Waals surface area contributed by atoms with Crippen LogP contribution in [-0.4, -0.2) is 46.9 Å². The second-order valence-electron chi connectivity index (χ2n) is 9.46. The fourth-order valence-electron chi connectivity index (χ4n) is 5.01. The van der Waals surface area contributed by atoms with Gasteiger partial charge in [-0.15, -0.1) is 0 Å². The number of piperidine rings is 1. The summed E-state index contributed by atoms with van der Waals surface area (Å²) in [5.74, 6) is 2.24. The van der Waals surface area contributed by atoms with Crippen molar-refractivity contribution >= 4 is 39.4 Å². The number of hydrogen-bond donors (Lipinski definition) is 0. The molecule has 35 heavy (non-hydrogen) atoms. The molecule has 0 N–H and O–H groups in total. The van der Waals surface area contributed by atoms with E-state index in [0.717, 1.165) is 60.2 Å². The monoisotopic (exact) mass is 494 g/mol. The van der Waals surface area contributed by atoms with Gasteiger partial charge in [0, 0.05) is 43.9 Å². The topological polar surface area (TPSA) is 82.6 Å². The third-order valence-electron chi connectivity index (χ3n) is 7.03. The Kier molecular flexibility index (Phi) is 5.65. The standard InChI is InChI=1S/C26H27ClN4O4/c1-15-3-4-22-20(11-15)28-25(35-22)16-5-8-31(9-6-16)24-18-12-19(27)23(34-17-7-10-33-14-17)13-21(18)30(2)26(32)29-24/h3-4,11-13,16-17H,5-10,14H2,1-2H3/t17-/m0/s1. The van der Waals surface area contributed by atoms with Gasteiger partial charge in [0.25, 0.3) is 0 Å². The maximum Gasteiger partial charge on any atom is 0.349 e. The Hall–Kier alpha value is -3.10. The van der Waals surface area contributed by atoms with Crippen molar-refractivity contribution in [2.75, 3.05) is 31.2 Å². The zero-order valence-electron chi connectivity index (χ0n) is 19.8.